The largest absolute Gasteiger partial charge is 0.493 e. The predicted molar refractivity (Wildman–Crippen MR) is 131 cm³/mol. The van der Waals surface area contributed by atoms with E-state index < -0.39 is 12.1 Å². The van der Waals surface area contributed by atoms with Crippen molar-refractivity contribution in [1.29, 1.82) is 0 Å². The predicted octanol–water partition coefficient (Wildman–Crippen LogP) is 4.41. The van der Waals surface area contributed by atoms with E-state index >= 15 is 0 Å². The van der Waals surface area contributed by atoms with Crippen LogP contribution in [-0.4, -0.2) is 36.3 Å². The first kappa shape index (κ1) is 25.9. The maximum Gasteiger partial charge on any atom is 0.217 e. The summed E-state index contributed by atoms with van der Waals surface area (Å²) in [5.74, 6) is 0.679. The topological polar surface area (TPSA) is 70.6 Å². The number of hydrogen-bond donors (Lipinski definition) is 3. The lowest BCUT2D eigenvalue weighted by atomic mass is 10.00. The normalized spacial score (nSPS) is 12.9. The Balaban J connectivity index is 1.94. The fraction of sp³-hybridized carbons (Fsp3) is 0.519. The summed E-state index contributed by atoms with van der Waals surface area (Å²) in [5, 5.41) is 17.1. The molecule has 2 rings (SSSR count). The van der Waals surface area contributed by atoms with E-state index in [1.807, 2.05) is 24.3 Å². The van der Waals surface area contributed by atoms with Gasteiger partial charge in [-0.25, -0.2) is 0 Å². The van der Waals surface area contributed by atoms with Gasteiger partial charge in [-0.2, -0.15) is 0 Å². The SMILES string of the molecule is CCCCCCOc1ccccc1C[C@H](NC(C)=O)[C@H](O)CNCc1cccc(CC)c1. The number of aryl methyl sites for hydroxylation is 1. The number of carbonyl (C=O) groups is 1. The molecule has 2 aromatic carbocycles. The highest BCUT2D eigenvalue weighted by atomic mass is 16.5. The number of aliphatic hydroxyl groups is 1. The third-order valence-corrected chi connectivity index (χ3v) is 5.60. The molecule has 0 aromatic heterocycles. The van der Waals surface area contributed by atoms with Crippen molar-refractivity contribution in [3.8, 4) is 5.75 Å². The molecule has 5 nitrogen and oxygen atoms in total. The van der Waals surface area contributed by atoms with E-state index in [0.717, 1.165) is 24.2 Å². The number of carbonyl (C=O) groups excluding carboxylic acids is 1. The Morgan fingerprint density at radius 2 is 1.81 bits per heavy atom. The second-order valence-electron chi connectivity index (χ2n) is 8.40. The van der Waals surface area contributed by atoms with Gasteiger partial charge in [0.2, 0.25) is 5.91 Å². The van der Waals surface area contributed by atoms with E-state index in [4.69, 9.17) is 4.74 Å². The molecule has 0 unspecified atom stereocenters. The van der Waals surface area contributed by atoms with Gasteiger partial charge in [-0.15, -0.1) is 0 Å². The summed E-state index contributed by atoms with van der Waals surface area (Å²) in [7, 11) is 0. The van der Waals surface area contributed by atoms with Crippen LogP contribution in [0.15, 0.2) is 48.5 Å². The first-order valence-corrected chi connectivity index (χ1v) is 12.0. The lowest BCUT2D eigenvalue weighted by molar-refractivity contribution is -0.120. The van der Waals surface area contributed by atoms with Crippen LogP contribution < -0.4 is 15.4 Å². The Hall–Kier alpha value is -2.37. The number of rotatable bonds is 15. The highest BCUT2D eigenvalue weighted by Crippen LogP contribution is 2.21. The zero-order chi connectivity index (χ0) is 23.2. The molecule has 5 heteroatoms. The van der Waals surface area contributed by atoms with Crippen LogP contribution in [0, 0.1) is 0 Å². The molecule has 32 heavy (non-hydrogen) atoms. The molecule has 0 aliphatic heterocycles. The van der Waals surface area contributed by atoms with E-state index in [1.165, 1.54) is 37.3 Å². The van der Waals surface area contributed by atoms with Crippen molar-refractivity contribution in [3.05, 3.63) is 65.2 Å². The fourth-order valence-corrected chi connectivity index (χ4v) is 3.77. The van der Waals surface area contributed by atoms with E-state index in [1.54, 1.807) is 0 Å². The van der Waals surface area contributed by atoms with E-state index in [9.17, 15) is 9.90 Å². The maximum atomic E-state index is 11.8. The quantitative estimate of drug-likeness (QED) is 0.359. The van der Waals surface area contributed by atoms with Crippen molar-refractivity contribution in [2.45, 2.75) is 78.0 Å². The smallest absolute Gasteiger partial charge is 0.217 e. The van der Waals surface area contributed by atoms with Crippen molar-refractivity contribution in [1.82, 2.24) is 10.6 Å². The van der Waals surface area contributed by atoms with Crippen molar-refractivity contribution < 1.29 is 14.6 Å². The number of para-hydroxylation sites is 1. The number of aliphatic hydroxyl groups excluding tert-OH is 1. The van der Waals surface area contributed by atoms with Crippen LogP contribution in [0.4, 0.5) is 0 Å². The minimum atomic E-state index is -0.717. The number of nitrogens with one attached hydrogen (secondary N) is 2. The summed E-state index contributed by atoms with van der Waals surface area (Å²) in [4.78, 5) is 11.8. The Kier molecular flexibility index (Phi) is 11.8. The van der Waals surface area contributed by atoms with Gasteiger partial charge in [0.15, 0.2) is 0 Å². The second kappa shape index (κ2) is 14.6. The van der Waals surface area contributed by atoms with Crippen molar-refractivity contribution in [3.63, 3.8) is 0 Å². The zero-order valence-corrected chi connectivity index (χ0v) is 19.9. The maximum absolute atomic E-state index is 11.8. The van der Waals surface area contributed by atoms with Crippen LogP contribution in [0.3, 0.4) is 0 Å². The summed E-state index contributed by atoms with van der Waals surface area (Å²) in [5.41, 5.74) is 3.48. The molecular weight excluding hydrogens is 400 g/mol. The fourth-order valence-electron chi connectivity index (χ4n) is 3.77. The van der Waals surface area contributed by atoms with Gasteiger partial charge < -0.3 is 20.5 Å². The molecule has 0 spiro atoms. The summed E-state index contributed by atoms with van der Waals surface area (Å²) in [6.45, 7) is 7.57. The molecule has 1 amide bonds. The number of amides is 1. The average molecular weight is 441 g/mol. The molecule has 0 aliphatic rings. The first-order chi connectivity index (χ1) is 15.5. The van der Waals surface area contributed by atoms with Crippen LogP contribution >= 0.6 is 0 Å². The molecule has 0 radical (unpaired) electrons. The van der Waals surface area contributed by atoms with Crippen LogP contribution in [0.1, 0.15) is 63.1 Å². The van der Waals surface area contributed by atoms with Crippen molar-refractivity contribution >= 4 is 5.91 Å². The highest BCUT2D eigenvalue weighted by Gasteiger charge is 2.22. The minimum absolute atomic E-state index is 0.150. The Morgan fingerprint density at radius 1 is 1.03 bits per heavy atom. The van der Waals surface area contributed by atoms with Gasteiger partial charge in [0, 0.05) is 20.0 Å². The second-order valence-corrected chi connectivity index (χ2v) is 8.40. The standard InChI is InChI=1S/C27H40N2O3/c1-4-6-7-10-16-32-27-15-9-8-14-24(27)18-25(29-21(3)30)26(31)20-28-19-23-13-11-12-22(5-2)17-23/h8-9,11-15,17,25-26,28,31H,4-7,10,16,18-20H2,1-3H3,(H,29,30)/t25-,26+/m0/s1. The van der Waals surface area contributed by atoms with Gasteiger partial charge in [0.1, 0.15) is 5.75 Å². The average Bonchev–Trinajstić information content (AvgIpc) is 2.79. The summed E-state index contributed by atoms with van der Waals surface area (Å²) < 4.78 is 6.02. The van der Waals surface area contributed by atoms with Gasteiger partial charge >= 0.3 is 0 Å². The molecule has 176 valence electrons. The van der Waals surface area contributed by atoms with Gasteiger partial charge in [-0.3, -0.25) is 4.79 Å². The number of ether oxygens (including phenoxy) is 1. The summed E-state index contributed by atoms with van der Waals surface area (Å²) >= 11 is 0. The van der Waals surface area contributed by atoms with Crippen molar-refractivity contribution in [2.75, 3.05) is 13.2 Å². The molecule has 0 heterocycles. The molecule has 0 saturated heterocycles. The Labute approximate surface area is 193 Å². The first-order valence-electron chi connectivity index (χ1n) is 12.0. The van der Waals surface area contributed by atoms with E-state index in [2.05, 4.69) is 48.7 Å². The van der Waals surface area contributed by atoms with Crippen molar-refractivity contribution in [2.24, 2.45) is 0 Å². The lowest BCUT2D eigenvalue weighted by Crippen LogP contribution is -2.48. The van der Waals surface area contributed by atoms with E-state index in [0.29, 0.717) is 26.1 Å². The molecule has 0 bridgehead atoms. The molecule has 2 atom stereocenters. The third kappa shape index (κ3) is 9.41. The van der Waals surface area contributed by atoms with E-state index in [-0.39, 0.29) is 5.91 Å². The molecule has 0 aliphatic carbocycles. The number of benzene rings is 2. The number of unbranched alkanes of at least 4 members (excludes halogenated alkanes) is 3. The summed E-state index contributed by atoms with van der Waals surface area (Å²) in [6.07, 6.45) is 5.41. The van der Waals surface area contributed by atoms with Crippen LogP contribution in [-0.2, 0) is 24.2 Å². The molecule has 0 saturated carbocycles. The monoisotopic (exact) mass is 440 g/mol. The lowest BCUT2D eigenvalue weighted by Gasteiger charge is -2.25. The minimum Gasteiger partial charge on any atom is -0.493 e. The Morgan fingerprint density at radius 3 is 2.56 bits per heavy atom. The molecule has 0 fully saturated rings. The molecular formula is C27H40N2O3. The molecule has 2 aromatic rings. The zero-order valence-electron chi connectivity index (χ0n) is 19.9. The van der Waals surface area contributed by atoms with Crippen LogP contribution in [0.2, 0.25) is 0 Å². The molecule has 3 N–H and O–H groups in total. The van der Waals surface area contributed by atoms with Gasteiger partial charge in [0.05, 0.1) is 18.8 Å². The van der Waals surface area contributed by atoms with Gasteiger partial charge in [-0.1, -0.05) is 75.6 Å². The highest BCUT2D eigenvalue weighted by molar-refractivity contribution is 5.73. The van der Waals surface area contributed by atoms with Crippen LogP contribution in [0.25, 0.3) is 0 Å². The van der Waals surface area contributed by atoms with Gasteiger partial charge in [-0.05, 0) is 42.0 Å². The summed E-state index contributed by atoms with van der Waals surface area (Å²) in [6, 6.07) is 15.9. The Bertz CT molecular complexity index is 809. The van der Waals surface area contributed by atoms with Crippen LogP contribution in [0.5, 0.6) is 5.75 Å². The number of hydrogen-bond acceptors (Lipinski definition) is 4. The third-order valence-electron chi connectivity index (χ3n) is 5.60. The van der Waals surface area contributed by atoms with Gasteiger partial charge in [0.25, 0.3) is 0 Å².